The Hall–Kier alpha value is -2.64. The van der Waals surface area contributed by atoms with Gasteiger partial charge < -0.3 is 15.5 Å². The number of pyridine rings is 1. The van der Waals surface area contributed by atoms with E-state index in [2.05, 4.69) is 27.4 Å². The molecule has 1 aliphatic heterocycles. The van der Waals surface area contributed by atoms with Crippen molar-refractivity contribution in [1.29, 1.82) is 0 Å². The summed E-state index contributed by atoms with van der Waals surface area (Å²) in [5, 5.41) is 6.52. The third kappa shape index (κ3) is 5.99. The Bertz CT molecular complexity index is 977. The number of nitrogens with zero attached hydrogens (tertiary/aromatic N) is 3. The van der Waals surface area contributed by atoms with E-state index in [0.717, 1.165) is 29.9 Å². The monoisotopic (exact) mass is 457 g/mol. The highest BCUT2D eigenvalue weighted by Crippen LogP contribution is 2.27. The molecule has 8 heteroatoms. The van der Waals surface area contributed by atoms with Crippen LogP contribution in [0.2, 0.25) is 5.02 Å². The zero-order valence-corrected chi connectivity index (χ0v) is 20.2. The summed E-state index contributed by atoms with van der Waals surface area (Å²) in [5.41, 5.74) is 4.10. The molecule has 0 aliphatic carbocycles. The fourth-order valence-electron chi connectivity index (χ4n) is 3.88. The smallest absolute Gasteiger partial charge is 0.317 e. The van der Waals surface area contributed by atoms with Gasteiger partial charge in [0.2, 0.25) is 0 Å². The molecule has 1 fully saturated rings. The number of anilines is 1. The Labute approximate surface area is 195 Å². The van der Waals surface area contributed by atoms with Crippen LogP contribution in [-0.2, 0) is 6.54 Å². The van der Waals surface area contributed by atoms with Gasteiger partial charge in [-0.2, -0.15) is 0 Å². The number of urea groups is 1. The van der Waals surface area contributed by atoms with Crippen molar-refractivity contribution in [2.24, 2.45) is 0 Å². The van der Waals surface area contributed by atoms with Gasteiger partial charge in [0, 0.05) is 60.9 Å². The minimum Gasteiger partial charge on any atom is -0.336 e. The minimum atomic E-state index is -0.216. The van der Waals surface area contributed by atoms with Crippen LogP contribution in [0.15, 0.2) is 30.5 Å². The van der Waals surface area contributed by atoms with E-state index < -0.39 is 0 Å². The fourth-order valence-corrected chi connectivity index (χ4v) is 4.12. The lowest BCUT2D eigenvalue weighted by Gasteiger charge is -2.40. The van der Waals surface area contributed by atoms with Crippen molar-refractivity contribution in [2.45, 2.75) is 53.2 Å². The van der Waals surface area contributed by atoms with Crippen molar-refractivity contribution in [2.75, 3.05) is 25.0 Å². The summed E-state index contributed by atoms with van der Waals surface area (Å²) in [6.45, 7) is 12.8. The Balaban J connectivity index is 1.69. The van der Waals surface area contributed by atoms with Crippen molar-refractivity contribution < 1.29 is 9.59 Å². The van der Waals surface area contributed by atoms with E-state index in [1.54, 1.807) is 18.3 Å². The molecule has 0 unspecified atom stereocenters. The second-order valence-corrected chi connectivity index (χ2v) is 9.20. The lowest BCUT2D eigenvalue weighted by molar-refractivity contribution is 0.0965. The second kappa shape index (κ2) is 10.3. The third-order valence-electron chi connectivity index (χ3n) is 5.68. The van der Waals surface area contributed by atoms with Gasteiger partial charge in [-0.05, 0) is 70.0 Å². The third-order valence-corrected chi connectivity index (χ3v) is 5.90. The van der Waals surface area contributed by atoms with E-state index in [1.807, 2.05) is 44.7 Å². The number of carbonyl (C=O) groups excluding carboxylic acids is 2. The number of hydrogen-bond acceptors (Lipinski definition) is 4. The van der Waals surface area contributed by atoms with Crippen molar-refractivity contribution in [1.82, 2.24) is 20.1 Å². The van der Waals surface area contributed by atoms with E-state index in [-0.39, 0.29) is 24.0 Å². The van der Waals surface area contributed by atoms with E-state index in [1.165, 1.54) is 0 Å². The predicted octanol–water partition coefficient (Wildman–Crippen LogP) is 4.23. The maximum Gasteiger partial charge on any atom is 0.317 e. The lowest BCUT2D eigenvalue weighted by atomic mass is 10.0. The standard InChI is InChI=1S/C24H32ClN5O2/c1-15(2)27-24(32)30-9-8-29(13-17(30)4)14-20-10-21(25)11-22(18(20)5)28-23(31)19-7-6-16(3)26-12-19/h6-7,10-12,15,17H,8-9,13-14H2,1-5H3,(H,27,32)(H,28,31)/t17-/m0/s1. The number of benzene rings is 1. The zero-order chi connectivity index (χ0) is 23.4. The lowest BCUT2D eigenvalue weighted by Crippen LogP contribution is -2.57. The van der Waals surface area contributed by atoms with Crippen LogP contribution in [0.1, 0.15) is 48.0 Å². The predicted molar refractivity (Wildman–Crippen MR) is 128 cm³/mol. The summed E-state index contributed by atoms with van der Waals surface area (Å²) in [7, 11) is 0. The summed E-state index contributed by atoms with van der Waals surface area (Å²) < 4.78 is 0. The quantitative estimate of drug-likeness (QED) is 0.704. The average Bonchev–Trinajstić information content (AvgIpc) is 2.71. The Kier molecular flexibility index (Phi) is 7.74. The fraction of sp³-hybridized carbons (Fsp3) is 0.458. The molecule has 172 valence electrons. The van der Waals surface area contributed by atoms with Gasteiger partial charge in [-0.15, -0.1) is 0 Å². The summed E-state index contributed by atoms with van der Waals surface area (Å²) in [4.78, 5) is 33.5. The highest BCUT2D eigenvalue weighted by Gasteiger charge is 2.28. The number of aromatic nitrogens is 1. The van der Waals surface area contributed by atoms with Crippen LogP contribution in [0.4, 0.5) is 10.5 Å². The molecule has 3 amide bonds. The van der Waals surface area contributed by atoms with E-state index in [4.69, 9.17) is 11.6 Å². The molecule has 3 rings (SSSR count). The Morgan fingerprint density at radius 1 is 1.22 bits per heavy atom. The first-order valence-corrected chi connectivity index (χ1v) is 11.3. The average molecular weight is 458 g/mol. The summed E-state index contributed by atoms with van der Waals surface area (Å²) in [5.74, 6) is -0.216. The second-order valence-electron chi connectivity index (χ2n) is 8.76. The van der Waals surface area contributed by atoms with Crippen LogP contribution in [0, 0.1) is 13.8 Å². The van der Waals surface area contributed by atoms with Gasteiger partial charge in [-0.25, -0.2) is 4.79 Å². The number of nitrogens with one attached hydrogen (secondary N) is 2. The molecule has 1 aromatic heterocycles. The molecule has 0 spiro atoms. The highest BCUT2D eigenvalue weighted by molar-refractivity contribution is 6.31. The number of carbonyl (C=O) groups is 2. The zero-order valence-electron chi connectivity index (χ0n) is 19.4. The molecular formula is C24H32ClN5O2. The molecule has 1 saturated heterocycles. The molecule has 0 saturated carbocycles. The molecule has 2 heterocycles. The van der Waals surface area contributed by atoms with Crippen LogP contribution < -0.4 is 10.6 Å². The molecule has 1 atom stereocenters. The Morgan fingerprint density at radius 2 is 1.97 bits per heavy atom. The van der Waals surface area contributed by atoms with E-state index in [9.17, 15) is 9.59 Å². The number of hydrogen-bond donors (Lipinski definition) is 2. The Morgan fingerprint density at radius 3 is 2.59 bits per heavy atom. The first-order valence-electron chi connectivity index (χ1n) is 11.0. The molecule has 32 heavy (non-hydrogen) atoms. The summed E-state index contributed by atoms with van der Waals surface area (Å²) >= 11 is 6.39. The normalized spacial score (nSPS) is 16.8. The summed E-state index contributed by atoms with van der Waals surface area (Å²) in [6, 6.07) is 7.50. The number of piperazine rings is 1. The number of aryl methyl sites for hydroxylation is 1. The van der Waals surface area contributed by atoms with Gasteiger partial charge >= 0.3 is 6.03 Å². The van der Waals surface area contributed by atoms with Gasteiger partial charge in [0.25, 0.3) is 5.91 Å². The largest absolute Gasteiger partial charge is 0.336 e. The topological polar surface area (TPSA) is 77.6 Å². The molecule has 0 radical (unpaired) electrons. The SMILES string of the molecule is Cc1ccc(C(=O)Nc2cc(Cl)cc(CN3CCN(C(=O)NC(C)C)[C@@H](C)C3)c2C)cn1. The molecule has 2 aromatic rings. The van der Waals surface area contributed by atoms with Crippen LogP contribution in [0.5, 0.6) is 0 Å². The van der Waals surface area contributed by atoms with Gasteiger partial charge in [0.05, 0.1) is 5.56 Å². The highest BCUT2D eigenvalue weighted by atomic mass is 35.5. The van der Waals surface area contributed by atoms with Crippen LogP contribution >= 0.6 is 11.6 Å². The van der Waals surface area contributed by atoms with Gasteiger partial charge in [-0.3, -0.25) is 14.7 Å². The first kappa shape index (κ1) is 24.0. The maximum atomic E-state index is 12.7. The molecule has 1 aromatic carbocycles. The van der Waals surface area contributed by atoms with E-state index >= 15 is 0 Å². The molecule has 7 nitrogen and oxygen atoms in total. The number of amides is 3. The molecule has 1 aliphatic rings. The van der Waals surface area contributed by atoms with Crippen molar-refractivity contribution in [3.05, 3.63) is 57.9 Å². The van der Waals surface area contributed by atoms with Crippen molar-refractivity contribution >= 4 is 29.2 Å². The van der Waals surface area contributed by atoms with Crippen LogP contribution in [0.3, 0.4) is 0 Å². The number of rotatable bonds is 5. The van der Waals surface area contributed by atoms with Crippen molar-refractivity contribution in [3.8, 4) is 0 Å². The molecule has 0 bridgehead atoms. The maximum absolute atomic E-state index is 12.7. The first-order chi connectivity index (χ1) is 15.1. The van der Waals surface area contributed by atoms with Crippen molar-refractivity contribution in [3.63, 3.8) is 0 Å². The number of halogens is 1. The van der Waals surface area contributed by atoms with Crippen LogP contribution in [-0.4, -0.2) is 58.4 Å². The van der Waals surface area contributed by atoms with Gasteiger partial charge in [-0.1, -0.05) is 11.6 Å². The van der Waals surface area contributed by atoms with E-state index in [0.29, 0.717) is 29.4 Å². The van der Waals surface area contributed by atoms with Crippen LogP contribution in [0.25, 0.3) is 0 Å². The molecular weight excluding hydrogens is 426 g/mol. The van der Waals surface area contributed by atoms with Gasteiger partial charge in [0.1, 0.15) is 0 Å². The minimum absolute atomic E-state index is 0.0123. The molecule has 2 N–H and O–H groups in total. The van der Waals surface area contributed by atoms with Gasteiger partial charge in [0.15, 0.2) is 0 Å². The summed E-state index contributed by atoms with van der Waals surface area (Å²) in [6.07, 6.45) is 1.57.